The number of carbonyl (C=O) groups is 1. The molecule has 0 unspecified atom stereocenters. The number of aryl methyl sites for hydroxylation is 4. The summed E-state index contributed by atoms with van der Waals surface area (Å²) in [4.78, 5) is 11.8. The van der Waals surface area contributed by atoms with Gasteiger partial charge in [0.1, 0.15) is 4.90 Å². The van der Waals surface area contributed by atoms with Crippen LogP contribution in [0.25, 0.3) is 21.9 Å². The first-order chi connectivity index (χ1) is 18.6. The van der Waals surface area contributed by atoms with Crippen molar-refractivity contribution in [3.8, 4) is 11.1 Å². The number of fused-ring (bicyclic) bond motifs is 1. The van der Waals surface area contributed by atoms with Gasteiger partial charge in [-0.15, -0.1) is 0 Å². The Balaban J connectivity index is 1.76. The quantitative estimate of drug-likeness (QED) is 0.179. The van der Waals surface area contributed by atoms with E-state index in [0.717, 1.165) is 63.3 Å². The van der Waals surface area contributed by atoms with Crippen molar-refractivity contribution < 1.29 is 26.2 Å². The molecule has 0 spiro atoms. The van der Waals surface area contributed by atoms with Gasteiger partial charge in [0.15, 0.2) is 15.6 Å². The lowest BCUT2D eigenvalue weighted by molar-refractivity contribution is 0.0981. The number of carbonyl (C=O) groups excluding carboxylic acids is 1. The van der Waals surface area contributed by atoms with Crippen LogP contribution in [-0.2, 0) is 26.4 Å². The van der Waals surface area contributed by atoms with E-state index in [1.807, 2.05) is 58.0 Å². The van der Waals surface area contributed by atoms with Crippen molar-refractivity contribution in [2.24, 2.45) is 0 Å². The highest BCUT2D eigenvalue weighted by Crippen LogP contribution is 2.36. The zero-order chi connectivity index (χ0) is 29.6. The lowest BCUT2D eigenvalue weighted by atomic mass is 9.90. The van der Waals surface area contributed by atoms with Crippen molar-refractivity contribution in [3.63, 3.8) is 0 Å². The highest BCUT2D eigenvalue weighted by Gasteiger charge is 2.24. The lowest BCUT2D eigenvalue weighted by Gasteiger charge is -2.17. The van der Waals surface area contributed by atoms with Gasteiger partial charge in [-0.1, -0.05) is 55.5 Å². The summed E-state index contributed by atoms with van der Waals surface area (Å²) in [5.74, 6) is 0.159. The van der Waals surface area contributed by atoms with E-state index in [-0.39, 0.29) is 16.1 Å². The summed E-state index contributed by atoms with van der Waals surface area (Å²) in [6, 6.07) is 16.6. The molecule has 8 heteroatoms. The highest BCUT2D eigenvalue weighted by atomic mass is 32.2. The molecule has 0 heterocycles. The van der Waals surface area contributed by atoms with Crippen molar-refractivity contribution in [2.75, 3.05) is 6.26 Å². The minimum atomic E-state index is -4.65. The van der Waals surface area contributed by atoms with Gasteiger partial charge in [0, 0.05) is 23.6 Å². The standard InChI is InChI=1S/C32H34O6S2/c1-7-8-29(33)27-13-12-26(16-20(27)3)25-10-9-23(19(2)15-25)17-24-11-14-28-31(40(36,37)38)18-30(39(6,34)35)22(5)32(28)21(24)4/h9-16,18H,7-8,17H2,1-6H3,(H,36,37,38). The first-order valence-corrected chi connectivity index (χ1v) is 16.4. The lowest BCUT2D eigenvalue weighted by Crippen LogP contribution is -2.08. The fraction of sp³-hybridized carbons (Fsp3) is 0.281. The molecule has 4 aromatic carbocycles. The molecule has 0 aromatic heterocycles. The van der Waals surface area contributed by atoms with Crippen molar-refractivity contribution in [1.82, 2.24) is 0 Å². The molecule has 40 heavy (non-hydrogen) atoms. The van der Waals surface area contributed by atoms with Crippen LogP contribution in [0.1, 0.15) is 63.5 Å². The van der Waals surface area contributed by atoms with Gasteiger partial charge in [-0.25, -0.2) is 8.42 Å². The predicted octanol–water partition coefficient (Wildman–Crippen LogP) is 6.96. The third-order valence-corrected chi connectivity index (χ3v) is 9.70. The number of ketones is 1. The second kappa shape index (κ2) is 10.9. The smallest absolute Gasteiger partial charge is 0.294 e. The number of rotatable bonds is 8. The van der Waals surface area contributed by atoms with E-state index in [9.17, 15) is 26.2 Å². The fourth-order valence-electron chi connectivity index (χ4n) is 5.46. The summed E-state index contributed by atoms with van der Waals surface area (Å²) in [5.41, 5.74) is 8.07. The van der Waals surface area contributed by atoms with Gasteiger partial charge < -0.3 is 0 Å². The predicted molar refractivity (Wildman–Crippen MR) is 160 cm³/mol. The van der Waals surface area contributed by atoms with Crippen LogP contribution >= 0.6 is 0 Å². The van der Waals surface area contributed by atoms with Gasteiger partial charge >= 0.3 is 0 Å². The van der Waals surface area contributed by atoms with Gasteiger partial charge in [0.05, 0.1) is 4.90 Å². The molecular formula is C32H34O6S2. The van der Waals surface area contributed by atoms with Gasteiger partial charge in [-0.05, 0) is 96.5 Å². The minimum Gasteiger partial charge on any atom is -0.294 e. The molecule has 0 saturated heterocycles. The molecule has 4 aromatic rings. The molecule has 210 valence electrons. The SMILES string of the molecule is CCCC(=O)c1ccc(-c2ccc(Cc3ccc4c(S(=O)(=O)O)cc(S(C)(=O)=O)c(C)c4c3C)c(C)c2)cc1C. The molecule has 6 nitrogen and oxygen atoms in total. The Bertz CT molecular complexity index is 1890. The first kappa shape index (κ1) is 29.6. The second-order valence-electron chi connectivity index (χ2n) is 10.5. The number of benzene rings is 4. The number of hydrogen-bond acceptors (Lipinski definition) is 5. The molecule has 0 radical (unpaired) electrons. The van der Waals surface area contributed by atoms with E-state index in [2.05, 4.69) is 12.1 Å². The number of hydrogen-bond donors (Lipinski definition) is 1. The molecule has 0 saturated carbocycles. The summed E-state index contributed by atoms with van der Waals surface area (Å²) in [7, 11) is -8.39. The largest absolute Gasteiger partial charge is 0.295 e. The van der Waals surface area contributed by atoms with Gasteiger partial charge in [-0.2, -0.15) is 8.42 Å². The Kier molecular flexibility index (Phi) is 8.09. The third-order valence-electron chi connectivity index (χ3n) is 7.59. The van der Waals surface area contributed by atoms with Crippen molar-refractivity contribution in [1.29, 1.82) is 0 Å². The maximum Gasteiger partial charge on any atom is 0.295 e. The van der Waals surface area contributed by atoms with Crippen LogP contribution in [0.15, 0.2) is 64.4 Å². The van der Waals surface area contributed by atoms with Crippen LogP contribution in [0, 0.1) is 27.7 Å². The Hall–Kier alpha value is -3.33. The van der Waals surface area contributed by atoms with E-state index in [1.165, 1.54) is 0 Å². The van der Waals surface area contributed by atoms with E-state index in [1.54, 1.807) is 13.0 Å². The highest BCUT2D eigenvalue weighted by molar-refractivity contribution is 7.91. The van der Waals surface area contributed by atoms with Crippen molar-refractivity contribution in [3.05, 3.63) is 93.5 Å². The fourth-order valence-corrected chi connectivity index (χ4v) is 7.24. The molecule has 0 fully saturated rings. The summed E-state index contributed by atoms with van der Waals surface area (Å²) in [6.07, 6.45) is 2.93. The zero-order valence-corrected chi connectivity index (χ0v) is 25.3. The summed E-state index contributed by atoms with van der Waals surface area (Å²) in [5, 5.41) is 0.799. The second-order valence-corrected chi connectivity index (χ2v) is 13.9. The third kappa shape index (κ3) is 5.75. The van der Waals surface area contributed by atoms with Crippen molar-refractivity contribution >= 4 is 36.5 Å². The van der Waals surface area contributed by atoms with E-state index in [0.29, 0.717) is 23.8 Å². The molecule has 4 rings (SSSR count). The molecule has 0 aliphatic rings. The Morgan fingerprint density at radius 2 is 1.35 bits per heavy atom. The maximum absolute atomic E-state index is 12.5. The van der Waals surface area contributed by atoms with Gasteiger partial charge in [0.25, 0.3) is 10.1 Å². The normalized spacial score (nSPS) is 12.2. The minimum absolute atomic E-state index is 0.119. The van der Waals surface area contributed by atoms with Gasteiger partial charge in [-0.3, -0.25) is 9.35 Å². The number of sulfone groups is 1. The topological polar surface area (TPSA) is 106 Å². The average molecular weight is 579 g/mol. The molecule has 0 bridgehead atoms. The summed E-state index contributed by atoms with van der Waals surface area (Å²) < 4.78 is 59.1. The van der Waals surface area contributed by atoms with E-state index >= 15 is 0 Å². The molecule has 0 atom stereocenters. The molecular weight excluding hydrogens is 544 g/mol. The monoisotopic (exact) mass is 578 g/mol. The van der Waals surface area contributed by atoms with Crippen molar-refractivity contribution in [2.45, 2.75) is 63.7 Å². The molecule has 1 N–H and O–H groups in total. The van der Waals surface area contributed by atoms with Crippen LogP contribution in [0.2, 0.25) is 0 Å². The van der Waals surface area contributed by atoms with E-state index in [4.69, 9.17) is 0 Å². The van der Waals surface area contributed by atoms with Crippen LogP contribution in [0.4, 0.5) is 0 Å². The Morgan fingerprint density at radius 3 is 1.90 bits per heavy atom. The summed E-state index contributed by atoms with van der Waals surface area (Å²) in [6.45, 7) is 9.49. The Labute approximate surface area is 236 Å². The first-order valence-electron chi connectivity index (χ1n) is 13.1. The van der Waals surface area contributed by atoms with Crippen LogP contribution in [0.5, 0.6) is 0 Å². The zero-order valence-electron chi connectivity index (χ0n) is 23.6. The average Bonchev–Trinajstić information content (AvgIpc) is 2.85. The molecule has 0 aliphatic heterocycles. The summed E-state index contributed by atoms with van der Waals surface area (Å²) >= 11 is 0. The van der Waals surface area contributed by atoms with Gasteiger partial charge in [0.2, 0.25) is 0 Å². The van der Waals surface area contributed by atoms with E-state index < -0.39 is 24.9 Å². The number of Topliss-reactive ketones (excluding diaryl/α,β-unsaturated/α-hetero) is 1. The Morgan fingerprint density at radius 1 is 0.750 bits per heavy atom. The molecule has 0 aliphatic carbocycles. The maximum atomic E-state index is 12.5. The van der Waals surface area contributed by atoms with Crippen LogP contribution in [0.3, 0.4) is 0 Å². The molecule has 0 amide bonds. The van der Waals surface area contributed by atoms with Crippen LogP contribution in [-0.4, -0.2) is 33.4 Å². The van der Waals surface area contributed by atoms with Crippen LogP contribution < -0.4 is 0 Å².